The van der Waals surface area contributed by atoms with Gasteiger partial charge in [0.2, 0.25) is 11.8 Å². The molecule has 0 spiro atoms. The lowest BCUT2D eigenvalue weighted by Crippen LogP contribution is -2.54. The Hall–Kier alpha value is -3.13. The van der Waals surface area contributed by atoms with Gasteiger partial charge in [0.05, 0.1) is 18.3 Å². The van der Waals surface area contributed by atoms with E-state index in [1.807, 2.05) is 30.0 Å². The Labute approximate surface area is 187 Å². The molecule has 8 nitrogen and oxygen atoms in total. The minimum atomic E-state index is -0.210. The average Bonchev–Trinajstić information content (AvgIpc) is 2.77. The Morgan fingerprint density at radius 2 is 1.90 bits per heavy atom. The molecule has 164 valence electrons. The molecule has 2 aromatic rings. The fourth-order valence-electron chi connectivity index (χ4n) is 3.31. The molecule has 2 amide bonds. The predicted molar refractivity (Wildman–Crippen MR) is 122 cm³/mol. The van der Waals surface area contributed by atoms with Crippen molar-refractivity contribution in [3.05, 3.63) is 59.4 Å². The number of aromatic nitrogens is 1. The van der Waals surface area contributed by atoms with Gasteiger partial charge in [0.25, 0.3) is 0 Å². The van der Waals surface area contributed by atoms with E-state index < -0.39 is 0 Å². The molecule has 1 aromatic heterocycles. The number of rotatable bonds is 6. The van der Waals surface area contributed by atoms with Gasteiger partial charge in [0.1, 0.15) is 6.54 Å². The van der Waals surface area contributed by atoms with Gasteiger partial charge in [-0.1, -0.05) is 23.7 Å². The van der Waals surface area contributed by atoms with E-state index in [1.165, 1.54) is 0 Å². The summed E-state index contributed by atoms with van der Waals surface area (Å²) in [5.41, 5.74) is 1.55. The Balaban J connectivity index is 1.52. The lowest BCUT2D eigenvalue weighted by Gasteiger charge is -2.36. The molecule has 0 atom stereocenters. The number of carbonyl (C=O) groups excluding carboxylic acids is 2. The number of carbonyl (C=O) groups is 2. The monoisotopic (exact) mass is 442 g/mol. The van der Waals surface area contributed by atoms with Crippen molar-refractivity contribution >= 4 is 35.1 Å². The largest absolute Gasteiger partial charge is 0.357 e. The van der Waals surface area contributed by atoms with Crippen molar-refractivity contribution in [1.29, 1.82) is 0 Å². The second kappa shape index (κ2) is 11.3. The van der Waals surface area contributed by atoms with Gasteiger partial charge in [0.15, 0.2) is 5.96 Å². The molecule has 1 saturated heterocycles. The van der Waals surface area contributed by atoms with Gasteiger partial charge in [-0.25, -0.2) is 4.99 Å². The van der Waals surface area contributed by atoms with Crippen LogP contribution < -0.4 is 10.6 Å². The fourth-order valence-corrected chi connectivity index (χ4v) is 3.52. The maximum Gasteiger partial charge on any atom is 0.246 e. The van der Waals surface area contributed by atoms with Crippen LogP contribution in [-0.2, 0) is 16.0 Å². The van der Waals surface area contributed by atoms with Crippen molar-refractivity contribution in [2.75, 3.05) is 44.6 Å². The molecule has 1 aliphatic heterocycles. The Kier molecular flexibility index (Phi) is 8.23. The summed E-state index contributed by atoms with van der Waals surface area (Å²) in [6.45, 7) is 5.18. The molecule has 3 rings (SSSR count). The molecule has 31 heavy (non-hydrogen) atoms. The number of hydrogen-bond donors (Lipinski definition) is 2. The molecular formula is C22H27ClN6O2. The van der Waals surface area contributed by atoms with Crippen LogP contribution in [0.15, 0.2) is 53.8 Å². The molecule has 0 aliphatic carbocycles. The number of benzene rings is 1. The van der Waals surface area contributed by atoms with Crippen LogP contribution >= 0.6 is 11.6 Å². The first kappa shape index (κ1) is 22.6. The first-order chi connectivity index (χ1) is 15.0. The first-order valence-electron chi connectivity index (χ1n) is 10.3. The van der Waals surface area contributed by atoms with Crippen LogP contribution in [0.2, 0.25) is 5.02 Å². The SMILES string of the molecule is CCNC(=NCC(=O)Nc1cccnc1)N1CCN(C(=O)Cc2cccc(Cl)c2)CC1. The summed E-state index contributed by atoms with van der Waals surface area (Å²) in [6.07, 6.45) is 3.58. The summed E-state index contributed by atoms with van der Waals surface area (Å²) >= 11 is 6.01. The Morgan fingerprint density at radius 3 is 2.58 bits per heavy atom. The topological polar surface area (TPSA) is 89.9 Å². The molecule has 2 heterocycles. The predicted octanol–water partition coefficient (Wildman–Crippen LogP) is 2.03. The highest BCUT2D eigenvalue weighted by Gasteiger charge is 2.23. The van der Waals surface area contributed by atoms with Crippen LogP contribution in [0.3, 0.4) is 0 Å². The van der Waals surface area contributed by atoms with Gasteiger partial charge < -0.3 is 20.4 Å². The highest BCUT2D eigenvalue weighted by molar-refractivity contribution is 6.30. The van der Waals surface area contributed by atoms with E-state index >= 15 is 0 Å². The number of guanidine groups is 1. The van der Waals surface area contributed by atoms with E-state index in [-0.39, 0.29) is 18.4 Å². The van der Waals surface area contributed by atoms with Gasteiger partial charge in [-0.3, -0.25) is 14.6 Å². The van der Waals surface area contributed by atoms with Crippen LogP contribution in [0, 0.1) is 0 Å². The third-order valence-corrected chi connectivity index (χ3v) is 5.06. The molecule has 0 bridgehead atoms. The lowest BCUT2D eigenvalue weighted by atomic mass is 10.1. The van der Waals surface area contributed by atoms with Crippen molar-refractivity contribution < 1.29 is 9.59 Å². The zero-order valence-electron chi connectivity index (χ0n) is 17.6. The molecule has 1 aromatic carbocycles. The number of hydrogen-bond acceptors (Lipinski definition) is 4. The third kappa shape index (κ3) is 6.96. The first-order valence-corrected chi connectivity index (χ1v) is 10.7. The number of piperazine rings is 1. The number of anilines is 1. The highest BCUT2D eigenvalue weighted by Crippen LogP contribution is 2.13. The standard InChI is InChI=1S/C22H27ClN6O2/c1-2-25-22(26-16-20(30)27-19-7-4-8-24-15-19)29-11-9-28(10-12-29)21(31)14-17-5-3-6-18(23)13-17/h3-8,13,15H,2,9-12,14,16H2,1H3,(H,25,26)(H,27,30). The lowest BCUT2D eigenvalue weighted by molar-refractivity contribution is -0.131. The Bertz CT molecular complexity index is 913. The maximum absolute atomic E-state index is 12.6. The van der Waals surface area contributed by atoms with Crippen LogP contribution in [0.5, 0.6) is 0 Å². The van der Waals surface area contributed by atoms with E-state index in [1.54, 1.807) is 30.6 Å². The average molecular weight is 443 g/mol. The zero-order valence-corrected chi connectivity index (χ0v) is 18.3. The minimum absolute atomic E-state index is 0.00510. The Morgan fingerprint density at radius 1 is 1.13 bits per heavy atom. The van der Waals surface area contributed by atoms with Crippen LogP contribution in [0.1, 0.15) is 12.5 Å². The van der Waals surface area contributed by atoms with Crippen LogP contribution in [0.4, 0.5) is 5.69 Å². The van der Waals surface area contributed by atoms with E-state index in [2.05, 4.69) is 25.5 Å². The van der Waals surface area contributed by atoms with Crippen molar-refractivity contribution in [3.8, 4) is 0 Å². The number of pyridine rings is 1. The number of aliphatic imine (C=N–C) groups is 1. The molecule has 1 aliphatic rings. The molecule has 0 saturated carbocycles. The van der Waals surface area contributed by atoms with Gasteiger partial charge in [-0.2, -0.15) is 0 Å². The van der Waals surface area contributed by atoms with E-state index in [4.69, 9.17) is 11.6 Å². The van der Waals surface area contributed by atoms with Crippen molar-refractivity contribution in [2.45, 2.75) is 13.3 Å². The second-order valence-electron chi connectivity index (χ2n) is 7.13. The molecule has 9 heteroatoms. The van der Waals surface area contributed by atoms with Crippen molar-refractivity contribution in [3.63, 3.8) is 0 Å². The van der Waals surface area contributed by atoms with E-state index in [0.717, 1.165) is 5.56 Å². The minimum Gasteiger partial charge on any atom is -0.357 e. The van der Waals surface area contributed by atoms with Gasteiger partial charge >= 0.3 is 0 Å². The molecule has 2 N–H and O–H groups in total. The summed E-state index contributed by atoms with van der Waals surface area (Å²) < 4.78 is 0. The number of nitrogens with zero attached hydrogens (tertiary/aromatic N) is 4. The maximum atomic E-state index is 12.6. The van der Waals surface area contributed by atoms with E-state index in [0.29, 0.717) is 55.8 Å². The number of amides is 2. The number of nitrogens with one attached hydrogen (secondary N) is 2. The third-order valence-electron chi connectivity index (χ3n) is 4.83. The molecule has 1 fully saturated rings. The van der Waals surface area contributed by atoms with Gasteiger partial charge in [-0.05, 0) is 36.8 Å². The smallest absolute Gasteiger partial charge is 0.246 e. The fraction of sp³-hybridized carbons (Fsp3) is 0.364. The van der Waals surface area contributed by atoms with Gasteiger partial charge in [0, 0.05) is 43.9 Å². The van der Waals surface area contributed by atoms with Crippen LogP contribution in [-0.4, -0.2) is 71.8 Å². The highest BCUT2D eigenvalue weighted by atomic mass is 35.5. The second-order valence-corrected chi connectivity index (χ2v) is 7.57. The normalized spacial score (nSPS) is 14.3. The van der Waals surface area contributed by atoms with Gasteiger partial charge in [-0.15, -0.1) is 0 Å². The summed E-state index contributed by atoms with van der Waals surface area (Å²) in [5.74, 6) is 0.546. The number of halogens is 1. The zero-order chi connectivity index (χ0) is 22.1. The van der Waals surface area contributed by atoms with E-state index in [9.17, 15) is 9.59 Å². The molecule has 0 unspecified atom stereocenters. The summed E-state index contributed by atoms with van der Waals surface area (Å²) in [5, 5.41) is 6.63. The van der Waals surface area contributed by atoms with Crippen molar-refractivity contribution in [2.24, 2.45) is 4.99 Å². The summed E-state index contributed by atoms with van der Waals surface area (Å²) in [4.78, 5) is 37.2. The molecular weight excluding hydrogens is 416 g/mol. The summed E-state index contributed by atoms with van der Waals surface area (Å²) in [7, 11) is 0. The van der Waals surface area contributed by atoms with Crippen LogP contribution in [0.25, 0.3) is 0 Å². The van der Waals surface area contributed by atoms with Crippen molar-refractivity contribution in [1.82, 2.24) is 20.1 Å². The molecule has 0 radical (unpaired) electrons. The summed E-state index contributed by atoms with van der Waals surface area (Å²) in [6, 6.07) is 10.9. The quantitative estimate of drug-likeness (QED) is 0.527.